The van der Waals surface area contributed by atoms with E-state index in [-0.39, 0.29) is 5.91 Å². The molecule has 7 nitrogen and oxygen atoms in total. The van der Waals surface area contributed by atoms with E-state index in [1.165, 1.54) is 22.5 Å². The molecule has 1 atom stereocenters. The fourth-order valence-corrected chi connectivity index (χ4v) is 3.56. The number of benzene rings is 3. The molecule has 0 saturated carbocycles. The molecule has 3 N–H and O–H groups in total. The zero-order chi connectivity index (χ0) is 24.2. The molecule has 0 saturated heterocycles. The largest absolute Gasteiger partial charge is 0.350 e. The molecular formula is C27H27N3O4. The average Bonchev–Trinajstić information content (AvgIpc) is 2.89. The Morgan fingerprint density at radius 3 is 2.24 bits per heavy atom. The van der Waals surface area contributed by atoms with Gasteiger partial charge in [0.2, 0.25) is 12.3 Å². The van der Waals surface area contributed by atoms with E-state index in [0.717, 1.165) is 11.1 Å². The number of carbonyl (C=O) groups excluding carboxylic acids is 3. The zero-order valence-corrected chi connectivity index (χ0v) is 18.6. The maximum Gasteiger partial charge on any atom is 0.267 e. The second-order valence-corrected chi connectivity index (χ2v) is 7.66. The van der Waals surface area contributed by atoms with Gasteiger partial charge in [0.25, 0.3) is 5.91 Å². The van der Waals surface area contributed by atoms with Crippen molar-refractivity contribution in [3.63, 3.8) is 0 Å². The van der Waals surface area contributed by atoms with Gasteiger partial charge in [0.1, 0.15) is 6.04 Å². The number of rotatable bonds is 11. The van der Waals surface area contributed by atoms with Gasteiger partial charge in [-0.25, -0.2) is 5.48 Å². The van der Waals surface area contributed by atoms with Crippen molar-refractivity contribution in [3.8, 4) is 0 Å². The van der Waals surface area contributed by atoms with Gasteiger partial charge in [-0.05, 0) is 40.8 Å². The summed E-state index contributed by atoms with van der Waals surface area (Å²) in [6.07, 6.45) is 3.98. The van der Waals surface area contributed by atoms with E-state index in [4.69, 9.17) is 5.21 Å². The predicted molar refractivity (Wildman–Crippen MR) is 129 cm³/mol. The van der Waals surface area contributed by atoms with E-state index < -0.39 is 11.9 Å². The minimum Gasteiger partial charge on any atom is -0.350 e. The summed E-state index contributed by atoms with van der Waals surface area (Å²) in [5, 5.41) is 11.6. The van der Waals surface area contributed by atoms with Crippen molar-refractivity contribution in [1.82, 2.24) is 15.7 Å². The molecule has 34 heavy (non-hydrogen) atoms. The minimum absolute atomic E-state index is 0.307. The molecule has 0 aromatic heterocycles. The van der Waals surface area contributed by atoms with Crippen LogP contribution in [0.15, 0.2) is 91.0 Å². The normalized spacial score (nSPS) is 11.6. The van der Waals surface area contributed by atoms with Gasteiger partial charge in [-0.15, -0.1) is 0 Å². The Bertz CT molecular complexity index is 1120. The van der Waals surface area contributed by atoms with Crippen LogP contribution in [0.5, 0.6) is 0 Å². The number of carbonyl (C=O) groups is 3. The molecule has 3 aromatic carbocycles. The van der Waals surface area contributed by atoms with Crippen molar-refractivity contribution in [2.24, 2.45) is 0 Å². The fraction of sp³-hybridized carbons (Fsp3) is 0.148. The van der Waals surface area contributed by atoms with Gasteiger partial charge >= 0.3 is 0 Å². The van der Waals surface area contributed by atoms with Gasteiger partial charge in [-0.3, -0.25) is 19.6 Å². The first-order valence-electron chi connectivity index (χ1n) is 10.9. The Morgan fingerprint density at radius 1 is 0.912 bits per heavy atom. The Labute approximate surface area is 198 Å². The molecule has 0 bridgehead atoms. The molecule has 3 amide bonds. The summed E-state index contributed by atoms with van der Waals surface area (Å²) in [5.41, 5.74) is 4.80. The lowest BCUT2D eigenvalue weighted by Crippen LogP contribution is -2.40. The van der Waals surface area contributed by atoms with Crippen LogP contribution in [-0.4, -0.2) is 34.9 Å². The number of hydrogen-bond donors (Lipinski definition) is 3. The second-order valence-electron chi connectivity index (χ2n) is 7.66. The lowest BCUT2D eigenvalue weighted by molar-refractivity contribution is -0.133. The highest BCUT2D eigenvalue weighted by atomic mass is 16.5. The van der Waals surface area contributed by atoms with Crippen molar-refractivity contribution in [2.45, 2.75) is 19.0 Å². The van der Waals surface area contributed by atoms with Gasteiger partial charge < -0.3 is 10.2 Å². The highest BCUT2D eigenvalue weighted by Gasteiger charge is 2.27. The van der Waals surface area contributed by atoms with Gasteiger partial charge in [0.05, 0.1) is 0 Å². The van der Waals surface area contributed by atoms with Crippen LogP contribution in [0.1, 0.15) is 28.3 Å². The van der Waals surface area contributed by atoms with Crippen LogP contribution in [0.4, 0.5) is 0 Å². The Kier molecular flexibility index (Phi) is 9.13. The molecule has 0 aliphatic heterocycles. The van der Waals surface area contributed by atoms with Crippen molar-refractivity contribution < 1.29 is 19.6 Å². The Hall–Kier alpha value is -4.23. The van der Waals surface area contributed by atoms with E-state index in [1.54, 1.807) is 24.3 Å². The van der Waals surface area contributed by atoms with Crippen molar-refractivity contribution in [2.75, 3.05) is 6.54 Å². The third-order valence-corrected chi connectivity index (χ3v) is 5.29. The summed E-state index contributed by atoms with van der Waals surface area (Å²) in [6.45, 7) is 0.682. The first-order chi connectivity index (χ1) is 16.6. The number of hydroxylamine groups is 1. The first-order valence-corrected chi connectivity index (χ1v) is 10.9. The molecule has 1 unspecified atom stereocenters. The van der Waals surface area contributed by atoms with Gasteiger partial charge in [0.15, 0.2) is 0 Å². The summed E-state index contributed by atoms with van der Waals surface area (Å²) in [4.78, 5) is 38.3. The van der Waals surface area contributed by atoms with Crippen LogP contribution in [0.25, 0.3) is 6.08 Å². The first kappa shape index (κ1) is 24.4. The maximum atomic E-state index is 13.3. The maximum absolute atomic E-state index is 13.3. The van der Waals surface area contributed by atoms with Gasteiger partial charge in [-0.2, -0.15) is 0 Å². The fourth-order valence-electron chi connectivity index (χ4n) is 3.56. The van der Waals surface area contributed by atoms with Crippen molar-refractivity contribution >= 4 is 24.3 Å². The van der Waals surface area contributed by atoms with E-state index in [0.29, 0.717) is 37.0 Å². The van der Waals surface area contributed by atoms with E-state index in [1.807, 2.05) is 60.7 Å². The second kappa shape index (κ2) is 12.7. The molecule has 0 aliphatic rings. The molecule has 3 rings (SSSR count). The van der Waals surface area contributed by atoms with Gasteiger partial charge in [-0.1, -0.05) is 78.9 Å². The SMILES string of the molecule is O=CN(CCc1ccccc1)C(C(=O)NCc1ccccc1)c1cccc(/C=C/C(=O)NO)c1. The highest BCUT2D eigenvalue weighted by molar-refractivity contribution is 5.91. The molecule has 7 heteroatoms. The van der Waals surface area contributed by atoms with Crippen molar-refractivity contribution in [3.05, 3.63) is 113 Å². The number of amides is 3. The number of hydrogen-bond acceptors (Lipinski definition) is 4. The molecule has 0 spiro atoms. The number of nitrogens with one attached hydrogen (secondary N) is 2. The third-order valence-electron chi connectivity index (χ3n) is 5.29. The van der Waals surface area contributed by atoms with Crippen LogP contribution in [-0.2, 0) is 27.3 Å². The lowest BCUT2D eigenvalue weighted by atomic mass is 10.0. The topological polar surface area (TPSA) is 98.7 Å². The molecule has 3 aromatic rings. The molecule has 0 aliphatic carbocycles. The van der Waals surface area contributed by atoms with Crippen LogP contribution in [0.3, 0.4) is 0 Å². The monoisotopic (exact) mass is 457 g/mol. The molecule has 174 valence electrons. The summed E-state index contributed by atoms with van der Waals surface area (Å²) in [5.74, 6) is -0.974. The molecule has 0 heterocycles. The van der Waals surface area contributed by atoms with Crippen LogP contribution >= 0.6 is 0 Å². The number of nitrogens with zero attached hydrogens (tertiary/aromatic N) is 1. The molecule has 0 fully saturated rings. The quantitative estimate of drug-likeness (QED) is 0.178. The van der Waals surface area contributed by atoms with Crippen molar-refractivity contribution in [1.29, 1.82) is 0 Å². The van der Waals surface area contributed by atoms with Crippen LogP contribution in [0.2, 0.25) is 0 Å². The summed E-state index contributed by atoms with van der Waals surface area (Å²) >= 11 is 0. The standard InChI is InChI=1S/C27H27N3O4/c31-20-30(17-16-21-8-3-1-4-9-21)26(27(33)28-19-23-10-5-2-6-11-23)24-13-7-12-22(18-24)14-15-25(32)29-34/h1-15,18,20,26,34H,16-17,19H2,(H,28,33)(H,29,32)/b15-14+. The summed E-state index contributed by atoms with van der Waals surface area (Å²) in [6, 6.07) is 25.5. The predicted octanol–water partition coefficient (Wildman–Crippen LogP) is 3.26. The Balaban J connectivity index is 1.85. The van der Waals surface area contributed by atoms with Crippen LogP contribution in [0, 0.1) is 0 Å². The minimum atomic E-state index is -0.857. The average molecular weight is 458 g/mol. The highest BCUT2D eigenvalue weighted by Crippen LogP contribution is 2.23. The molecular weight excluding hydrogens is 430 g/mol. The smallest absolute Gasteiger partial charge is 0.267 e. The zero-order valence-electron chi connectivity index (χ0n) is 18.6. The van der Waals surface area contributed by atoms with E-state index >= 15 is 0 Å². The molecule has 0 radical (unpaired) electrons. The van der Waals surface area contributed by atoms with E-state index in [9.17, 15) is 14.4 Å². The Morgan fingerprint density at radius 2 is 1.59 bits per heavy atom. The van der Waals surface area contributed by atoms with Crippen LogP contribution < -0.4 is 10.8 Å². The lowest BCUT2D eigenvalue weighted by Gasteiger charge is -2.28. The van der Waals surface area contributed by atoms with E-state index in [2.05, 4.69) is 5.32 Å². The summed E-state index contributed by atoms with van der Waals surface area (Å²) < 4.78 is 0. The summed E-state index contributed by atoms with van der Waals surface area (Å²) in [7, 11) is 0. The third kappa shape index (κ3) is 7.15. The van der Waals surface area contributed by atoms with Gasteiger partial charge in [0, 0.05) is 19.2 Å².